The zero-order chi connectivity index (χ0) is 13.4. The summed E-state index contributed by atoms with van der Waals surface area (Å²) in [5.74, 6) is 1.67. The highest BCUT2D eigenvalue weighted by atomic mass is 16.5. The van der Waals surface area contributed by atoms with E-state index in [1.165, 1.54) is 13.0 Å². The second kappa shape index (κ2) is 7.98. The summed E-state index contributed by atoms with van der Waals surface area (Å²) in [5, 5.41) is 0. The Morgan fingerprint density at radius 1 is 1.17 bits per heavy atom. The Bertz CT molecular complexity index is 322. The van der Waals surface area contributed by atoms with Crippen LogP contribution in [0, 0.1) is 5.92 Å². The molecule has 0 unspecified atom stereocenters. The van der Waals surface area contributed by atoms with Gasteiger partial charge in [-0.25, -0.2) is 0 Å². The first kappa shape index (κ1) is 14.8. The molecule has 0 aliphatic heterocycles. The van der Waals surface area contributed by atoms with Crippen LogP contribution in [0.25, 0.3) is 0 Å². The third kappa shape index (κ3) is 6.50. The smallest absolute Gasteiger partial charge is 0.119 e. The van der Waals surface area contributed by atoms with Crippen LogP contribution in [0.1, 0.15) is 26.7 Å². The molecule has 0 fully saturated rings. The van der Waals surface area contributed by atoms with Gasteiger partial charge in [0, 0.05) is 12.2 Å². The first-order chi connectivity index (χ1) is 8.58. The number of nitrogens with two attached hydrogens (primary N) is 1. The monoisotopic (exact) mass is 250 g/mol. The number of hydrogen-bond donors (Lipinski definition) is 1. The predicted molar refractivity (Wildman–Crippen MR) is 77.9 cm³/mol. The van der Waals surface area contributed by atoms with Crippen LogP contribution in [0.3, 0.4) is 0 Å². The largest absolute Gasteiger partial charge is 0.494 e. The van der Waals surface area contributed by atoms with Gasteiger partial charge in [0.2, 0.25) is 0 Å². The van der Waals surface area contributed by atoms with Gasteiger partial charge in [-0.3, -0.25) is 0 Å². The summed E-state index contributed by atoms with van der Waals surface area (Å²) in [4.78, 5) is 2.37. The van der Waals surface area contributed by atoms with Gasteiger partial charge in [-0.1, -0.05) is 13.8 Å². The van der Waals surface area contributed by atoms with Gasteiger partial charge in [0.1, 0.15) is 5.75 Å². The molecule has 18 heavy (non-hydrogen) atoms. The molecule has 0 heterocycles. The molecule has 0 spiro atoms. The minimum atomic E-state index is 0.760. The maximum absolute atomic E-state index is 5.65. The predicted octanol–water partition coefficient (Wildman–Crippen LogP) is 3.02. The fourth-order valence-corrected chi connectivity index (χ4v) is 1.68. The van der Waals surface area contributed by atoms with E-state index < -0.39 is 0 Å². The first-order valence-corrected chi connectivity index (χ1v) is 6.75. The maximum atomic E-state index is 5.65. The summed E-state index contributed by atoms with van der Waals surface area (Å²) in [6.07, 6.45) is 2.31. The van der Waals surface area contributed by atoms with E-state index in [9.17, 15) is 0 Å². The molecule has 1 aromatic carbocycles. The third-order valence-corrected chi connectivity index (χ3v) is 2.92. The summed E-state index contributed by atoms with van der Waals surface area (Å²) in [6.45, 7) is 7.53. The first-order valence-electron chi connectivity index (χ1n) is 6.75. The second-order valence-corrected chi connectivity index (χ2v) is 5.26. The molecule has 0 amide bonds. The molecule has 0 saturated heterocycles. The Labute approximate surface area is 111 Å². The van der Waals surface area contributed by atoms with Crippen molar-refractivity contribution in [1.82, 2.24) is 4.90 Å². The van der Waals surface area contributed by atoms with Crippen molar-refractivity contribution in [3.05, 3.63) is 24.3 Å². The number of nitrogens with zero attached hydrogens (tertiary/aromatic N) is 1. The molecular weight excluding hydrogens is 224 g/mol. The molecule has 0 atom stereocenters. The minimum Gasteiger partial charge on any atom is -0.494 e. The van der Waals surface area contributed by atoms with Crippen molar-refractivity contribution in [2.24, 2.45) is 5.92 Å². The molecule has 0 radical (unpaired) electrons. The molecule has 3 nitrogen and oxygen atoms in total. The standard InChI is InChI=1S/C15H26N2O/c1-13(2)9-11-17(3)10-4-12-18-15-7-5-14(16)6-8-15/h5-8,13H,4,9-12,16H2,1-3H3. The topological polar surface area (TPSA) is 38.5 Å². The summed E-state index contributed by atoms with van der Waals surface area (Å²) in [5.41, 5.74) is 6.39. The van der Waals surface area contributed by atoms with Gasteiger partial charge in [0.05, 0.1) is 6.61 Å². The average molecular weight is 250 g/mol. The van der Waals surface area contributed by atoms with Crippen molar-refractivity contribution in [1.29, 1.82) is 0 Å². The Kier molecular flexibility index (Phi) is 6.58. The Balaban J connectivity index is 2.09. The average Bonchev–Trinajstić information content (AvgIpc) is 2.34. The third-order valence-electron chi connectivity index (χ3n) is 2.92. The van der Waals surface area contributed by atoms with Crippen molar-refractivity contribution in [3.63, 3.8) is 0 Å². The van der Waals surface area contributed by atoms with Gasteiger partial charge in [-0.05, 0) is 56.6 Å². The SMILES string of the molecule is CC(C)CCN(C)CCCOc1ccc(N)cc1. The van der Waals surface area contributed by atoms with Crippen LogP contribution in [0.15, 0.2) is 24.3 Å². The number of hydrogen-bond acceptors (Lipinski definition) is 3. The van der Waals surface area contributed by atoms with Gasteiger partial charge in [0.25, 0.3) is 0 Å². The van der Waals surface area contributed by atoms with Crippen LogP contribution in [-0.4, -0.2) is 31.6 Å². The summed E-state index contributed by atoms with van der Waals surface area (Å²) in [6, 6.07) is 7.56. The second-order valence-electron chi connectivity index (χ2n) is 5.26. The zero-order valence-corrected chi connectivity index (χ0v) is 11.9. The van der Waals surface area contributed by atoms with E-state index >= 15 is 0 Å². The van der Waals surface area contributed by atoms with Crippen molar-refractivity contribution < 1.29 is 4.74 Å². The molecule has 1 rings (SSSR count). The highest BCUT2D eigenvalue weighted by Crippen LogP contribution is 2.13. The van der Waals surface area contributed by atoms with Gasteiger partial charge in [-0.2, -0.15) is 0 Å². The molecule has 2 N–H and O–H groups in total. The van der Waals surface area contributed by atoms with Gasteiger partial charge < -0.3 is 15.4 Å². The van der Waals surface area contributed by atoms with E-state index in [1.54, 1.807) is 0 Å². The fourth-order valence-electron chi connectivity index (χ4n) is 1.68. The Morgan fingerprint density at radius 3 is 2.44 bits per heavy atom. The lowest BCUT2D eigenvalue weighted by Gasteiger charge is -2.17. The van der Waals surface area contributed by atoms with E-state index in [-0.39, 0.29) is 0 Å². The summed E-state index contributed by atoms with van der Waals surface area (Å²) in [7, 11) is 2.17. The van der Waals surface area contributed by atoms with Gasteiger partial charge in [0.15, 0.2) is 0 Å². The molecule has 0 aliphatic carbocycles. The van der Waals surface area contributed by atoms with E-state index in [2.05, 4.69) is 25.8 Å². The van der Waals surface area contributed by atoms with Crippen molar-refractivity contribution in [2.45, 2.75) is 26.7 Å². The van der Waals surface area contributed by atoms with Crippen LogP contribution in [-0.2, 0) is 0 Å². The molecule has 0 bridgehead atoms. The summed E-state index contributed by atoms with van der Waals surface area (Å²) < 4.78 is 5.65. The summed E-state index contributed by atoms with van der Waals surface area (Å²) >= 11 is 0. The number of nitrogen functional groups attached to an aromatic ring is 1. The van der Waals surface area contributed by atoms with Crippen molar-refractivity contribution >= 4 is 5.69 Å². The van der Waals surface area contributed by atoms with Crippen LogP contribution in [0.2, 0.25) is 0 Å². The molecule has 0 aliphatic rings. The molecule has 0 aromatic heterocycles. The molecule has 3 heteroatoms. The number of benzene rings is 1. The van der Waals surface area contributed by atoms with E-state index in [1.807, 2.05) is 24.3 Å². The Morgan fingerprint density at radius 2 is 1.83 bits per heavy atom. The normalized spacial score (nSPS) is 11.2. The molecular formula is C15H26N2O. The van der Waals surface area contributed by atoms with Crippen LogP contribution < -0.4 is 10.5 Å². The quantitative estimate of drug-likeness (QED) is 0.569. The van der Waals surface area contributed by atoms with Crippen molar-refractivity contribution in [3.8, 4) is 5.75 Å². The van der Waals surface area contributed by atoms with Gasteiger partial charge in [-0.15, -0.1) is 0 Å². The lowest BCUT2D eigenvalue weighted by molar-refractivity contribution is 0.255. The highest BCUT2D eigenvalue weighted by molar-refractivity contribution is 5.41. The molecule has 1 aromatic rings. The van der Waals surface area contributed by atoms with E-state index in [4.69, 9.17) is 10.5 Å². The number of ether oxygens (including phenoxy) is 1. The highest BCUT2D eigenvalue weighted by Gasteiger charge is 2.00. The Hall–Kier alpha value is -1.22. The van der Waals surface area contributed by atoms with Gasteiger partial charge >= 0.3 is 0 Å². The number of anilines is 1. The van der Waals surface area contributed by atoms with E-state index in [0.29, 0.717) is 0 Å². The molecule has 0 saturated carbocycles. The lowest BCUT2D eigenvalue weighted by atomic mass is 10.1. The maximum Gasteiger partial charge on any atom is 0.119 e. The van der Waals surface area contributed by atoms with Crippen LogP contribution in [0.5, 0.6) is 5.75 Å². The fraction of sp³-hybridized carbons (Fsp3) is 0.600. The van der Waals surface area contributed by atoms with E-state index in [0.717, 1.165) is 36.9 Å². The zero-order valence-electron chi connectivity index (χ0n) is 11.9. The minimum absolute atomic E-state index is 0.760. The molecule has 102 valence electrons. The number of rotatable bonds is 8. The van der Waals surface area contributed by atoms with Crippen molar-refractivity contribution in [2.75, 3.05) is 32.5 Å². The van der Waals surface area contributed by atoms with Crippen LogP contribution >= 0.6 is 0 Å². The van der Waals surface area contributed by atoms with Crippen LogP contribution in [0.4, 0.5) is 5.69 Å². The lowest BCUT2D eigenvalue weighted by Crippen LogP contribution is -2.23.